The summed E-state index contributed by atoms with van der Waals surface area (Å²) >= 11 is 1.82. The van der Waals surface area contributed by atoms with E-state index in [1.807, 2.05) is 11.3 Å². The van der Waals surface area contributed by atoms with Crippen LogP contribution in [0, 0.1) is 0 Å². The van der Waals surface area contributed by atoms with Crippen LogP contribution < -0.4 is 10.6 Å². The van der Waals surface area contributed by atoms with Gasteiger partial charge in [-0.15, -0.1) is 11.3 Å². The first-order valence-electron chi connectivity index (χ1n) is 4.91. The molecule has 1 aromatic heterocycles. The predicted molar refractivity (Wildman–Crippen MR) is 57.1 cm³/mol. The van der Waals surface area contributed by atoms with Crippen molar-refractivity contribution < 1.29 is 0 Å². The number of hydrogen-bond acceptors (Lipinski definition) is 3. The highest BCUT2D eigenvalue weighted by molar-refractivity contribution is 7.09. The molecule has 0 bridgehead atoms. The summed E-state index contributed by atoms with van der Waals surface area (Å²) in [5.74, 6) is 0. The van der Waals surface area contributed by atoms with Crippen molar-refractivity contribution in [2.75, 3.05) is 13.1 Å². The second-order valence-electron chi connectivity index (χ2n) is 3.50. The first-order chi connectivity index (χ1) is 6.45. The zero-order chi connectivity index (χ0) is 8.93. The molecule has 2 rings (SSSR count). The van der Waals surface area contributed by atoms with E-state index in [-0.39, 0.29) is 0 Å². The van der Waals surface area contributed by atoms with Crippen LogP contribution in [0.15, 0.2) is 17.5 Å². The molecular formula is C10H16N2S. The van der Waals surface area contributed by atoms with Crippen molar-refractivity contribution in [3.05, 3.63) is 22.4 Å². The van der Waals surface area contributed by atoms with Crippen LogP contribution in [0.25, 0.3) is 0 Å². The van der Waals surface area contributed by atoms with Gasteiger partial charge in [-0.2, -0.15) is 0 Å². The topological polar surface area (TPSA) is 24.1 Å². The summed E-state index contributed by atoms with van der Waals surface area (Å²) in [4.78, 5) is 1.43. The zero-order valence-electron chi connectivity index (χ0n) is 7.75. The Balaban J connectivity index is 1.63. The van der Waals surface area contributed by atoms with Crippen LogP contribution >= 0.6 is 11.3 Å². The molecule has 1 aliphatic rings. The highest BCUT2D eigenvalue weighted by Gasteiger charge is 2.12. The van der Waals surface area contributed by atoms with Crippen LogP contribution in [0.3, 0.4) is 0 Å². The Morgan fingerprint density at radius 1 is 1.62 bits per heavy atom. The molecule has 1 atom stereocenters. The van der Waals surface area contributed by atoms with Crippen LogP contribution in [0.5, 0.6) is 0 Å². The molecule has 0 spiro atoms. The summed E-state index contributed by atoms with van der Waals surface area (Å²) in [7, 11) is 0. The third-order valence-electron chi connectivity index (χ3n) is 2.43. The van der Waals surface area contributed by atoms with E-state index in [1.54, 1.807) is 0 Å². The van der Waals surface area contributed by atoms with Crippen molar-refractivity contribution in [1.82, 2.24) is 10.6 Å². The van der Waals surface area contributed by atoms with Crippen LogP contribution in [0.1, 0.15) is 17.7 Å². The fourth-order valence-corrected chi connectivity index (χ4v) is 2.39. The van der Waals surface area contributed by atoms with Crippen LogP contribution in [0.2, 0.25) is 0 Å². The smallest absolute Gasteiger partial charge is 0.0300 e. The van der Waals surface area contributed by atoms with Crippen LogP contribution in [-0.4, -0.2) is 19.1 Å². The first-order valence-corrected chi connectivity index (χ1v) is 5.79. The van der Waals surface area contributed by atoms with Crippen molar-refractivity contribution in [3.63, 3.8) is 0 Å². The summed E-state index contributed by atoms with van der Waals surface area (Å²) < 4.78 is 0. The van der Waals surface area contributed by atoms with Crippen molar-refractivity contribution in [2.24, 2.45) is 0 Å². The molecule has 2 heterocycles. The SMILES string of the molecule is c1csc(CNCC2CCCN2)c1. The standard InChI is InChI=1S/C10H16N2S/c1-3-9(12-5-1)7-11-8-10-4-2-6-13-10/h2,4,6,9,11-12H,1,3,5,7-8H2. The molecule has 1 saturated heterocycles. The van der Waals surface area contributed by atoms with Crippen LogP contribution in [0.4, 0.5) is 0 Å². The number of nitrogens with one attached hydrogen (secondary N) is 2. The van der Waals surface area contributed by atoms with E-state index in [9.17, 15) is 0 Å². The molecule has 1 unspecified atom stereocenters. The zero-order valence-corrected chi connectivity index (χ0v) is 8.57. The molecule has 1 aliphatic heterocycles. The summed E-state index contributed by atoms with van der Waals surface area (Å²) in [6.07, 6.45) is 2.67. The second-order valence-corrected chi connectivity index (χ2v) is 4.54. The quantitative estimate of drug-likeness (QED) is 0.764. The lowest BCUT2D eigenvalue weighted by Gasteiger charge is -2.10. The Morgan fingerprint density at radius 2 is 2.62 bits per heavy atom. The molecule has 1 fully saturated rings. The number of hydrogen-bond donors (Lipinski definition) is 2. The summed E-state index contributed by atoms with van der Waals surface area (Å²) in [5.41, 5.74) is 0. The second kappa shape index (κ2) is 4.74. The Morgan fingerprint density at radius 3 is 3.31 bits per heavy atom. The Labute approximate surface area is 83.4 Å². The first kappa shape index (κ1) is 9.19. The highest BCUT2D eigenvalue weighted by atomic mass is 32.1. The van der Waals surface area contributed by atoms with Gasteiger partial charge in [0.15, 0.2) is 0 Å². The van der Waals surface area contributed by atoms with Gasteiger partial charge in [0, 0.05) is 24.0 Å². The minimum absolute atomic E-state index is 0.708. The van der Waals surface area contributed by atoms with Crippen molar-refractivity contribution in [3.8, 4) is 0 Å². The van der Waals surface area contributed by atoms with E-state index in [0.717, 1.165) is 13.1 Å². The van der Waals surface area contributed by atoms with Gasteiger partial charge in [-0.1, -0.05) is 6.07 Å². The molecule has 0 amide bonds. The van der Waals surface area contributed by atoms with Crippen molar-refractivity contribution in [1.29, 1.82) is 0 Å². The van der Waals surface area contributed by atoms with E-state index in [4.69, 9.17) is 0 Å². The van der Waals surface area contributed by atoms with Gasteiger partial charge in [0.25, 0.3) is 0 Å². The Bertz CT molecular complexity index is 227. The van der Waals surface area contributed by atoms with Gasteiger partial charge in [-0.05, 0) is 30.8 Å². The molecule has 0 aromatic carbocycles. The molecule has 0 aliphatic carbocycles. The third-order valence-corrected chi connectivity index (χ3v) is 3.31. The molecule has 2 nitrogen and oxygen atoms in total. The average Bonchev–Trinajstić information content (AvgIpc) is 2.75. The largest absolute Gasteiger partial charge is 0.313 e. The van der Waals surface area contributed by atoms with Gasteiger partial charge >= 0.3 is 0 Å². The lowest BCUT2D eigenvalue weighted by molar-refractivity contribution is 0.537. The fourth-order valence-electron chi connectivity index (χ4n) is 1.71. The summed E-state index contributed by atoms with van der Waals surface area (Å²) in [5, 5.41) is 9.09. The Kier molecular flexibility index (Phi) is 3.35. The molecule has 0 saturated carbocycles. The van der Waals surface area contributed by atoms with Gasteiger partial charge in [0.05, 0.1) is 0 Å². The molecule has 1 aromatic rings. The normalized spacial score (nSPS) is 22.3. The molecule has 72 valence electrons. The fraction of sp³-hybridized carbons (Fsp3) is 0.600. The van der Waals surface area contributed by atoms with Crippen molar-refractivity contribution in [2.45, 2.75) is 25.4 Å². The minimum Gasteiger partial charge on any atom is -0.313 e. The lowest BCUT2D eigenvalue weighted by Crippen LogP contribution is -2.33. The number of thiophene rings is 1. The molecule has 0 radical (unpaired) electrons. The highest BCUT2D eigenvalue weighted by Crippen LogP contribution is 2.08. The molecule has 13 heavy (non-hydrogen) atoms. The minimum atomic E-state index is 0.708. The molecule has 2 N–H and O–H groups in total. The van der Waals surface area contributed by atoms with E-state index in [1.165, 1.54) is 24.3 Å². The van der Waals surface area contributed by atoms with Gasteiger partial charge in [-0.25, -0.2) is 0 Å². The van der Waals surface area contributed by atoms with E-state index >= 15 is 0 Å². The maximum Gasteiger partial charge on any atom is 0.0300 e. The van der Waals surface area contributed by atoms with E-state index in [0.29, 0.717) is 6.04 Å². The monoisotopic (exact) mass is 196 g/mol. The van der Waals surface area contributed by atoms with Gasteiger partial charge in [0.2, 0.25) is 0 Å². The van der Waals surface area contributed by atoms with E-state index < -0.39 is 0 Å². The molecule has 3 heteroatoms. The summed E-state index contributed by atoms with van der Waals surface area (Å²) in [6, 6.07) is 5.00. The maximum absolute atomic E-state index is 3.48. The van der Waals surface area contributed by atoms with Gasteiger partial charge < -0.3 is 10.6 Å². The maximum atomic E-state index is 3.48. The number of rotatable bonds is 4. The lowest BCUT2D eigenvalue weighted by atomic mass is 10.2. The molecular weight excluding hydrogens is 180 g/mol. The van der Waals surface area contributed by atoms with Crippen molar-refractivity contribution >= 4 is 11.3 Å². The average molecular weight is 196 g/mol. The Hall–Kier alpha value is -0.380. The van der Waals surface area contributed by atoms with Gasteiger partial charge in [-0.3, -0.25) is 0 Å². The van der Waals surface area contributed by atoms with Gasteiger partial charge in [0.1, 0.15) is 0 Å². The predicted octanol–water partition coefficient (Wildman–Crippen LogP) is 1.59. The summed E-state index contributed by atoms with van der Waals surface area (Å²) in [6.45, 7) is 3.33. The third kappa shape index (κ3) is 2.79. The van der Waals surface area contributed by atoms with Crippen LogP contribution in [-0.2, 0) is 6.54 Å². The van der Waals surface area contributed by atoms with E-state index in [2.05, 4.69) is 28.1 Å².